The summed E-state index contributed by atoms with van der Waals surface area (Å²) in [5.74, 6) is -2.10. The number of fused-ring (bicyclic) bond motifs is 1. The second kappa shape index (κ2) is 8.36. The van der Waals surface area contributed by atoms with Gasteiger partial charge in [0.15, 0.2) is 4.77 Å². The van der Waals surface area contributed by atoms with Crippen LogP contribution in [0.3, 0.4) is 0 Å². The summed E-state index contributed by atoms with van der Waals surface area (Å²) in [6.45, 7) is 1.82. The van der Waals surface area contributed by atoms with Crippen molar-refractivity contribution in [1.29, 1.82) is 0 Å². The van der Waals surface area contributed by atoms with Gasteiger partial charge in [0.1, 0.15) is 11.9 Å². The van der Waals surface area contributed by atoms with E-state index < -0.39 is 29.3 Å². The van der Waals surface area contributed by atoms with E-state index in [1.165, 1.54) is 47.0 Å². The number of carboxylic acids is 1. The summed E-state index contributed by atoms with van der Waals surface area (Å²) in [5.41, 5.74) is 0.528. The van der Waals surface area contributed by atoms with Crippen molar-refractivity contribution in [2.45, 2.75) is 25.8 Å². The molecule has 0 aliphatic carbocycles. The van der Waals surface area contributed by atoms with Crippen molar-refractivity contribution in [3.8, 4) is 5.69 Å². The molecule has 2 aromatic carbocycles. The number of amides is 1. The lowest BCUT2D eigenvalue weighted by atomic mass is 10.1. The molecule has 3 N–H and O–H groups in total. The molecule has 1 heterocycles. The van der Waals surface area contributed by atoms with Gasteiger partial charge < -0.3 is 15.4 Å². The first kappa shape index (κ1) is 20.4. The van der Waals surface area contributed by atoms with E-state index in [9.17, 15) is 23.9 Å². The zero-order valence-corrected chi connectivity index (χ0v) is 16.3. The van der Waals surface area contributed by atoms with Crippen LogP contribution in [0.25, 0.3) is 16.6 Å². The lowest BCUT2D eigenvalue weighted by molar-refractivity contribution is -0.139. The standard InChI is InChI=1S/C20H18FN3O4S/c1-2-3-15(19(27)28)22-17(25)11-4-9-14-16(10-11)23-20(29)24(18(14)26)13-7-5-12(21)6-8-13/h4-10,15H,2-3H2,1H3,(H,22,25)(H,23,29)(H,27,28). The fraction of sp³-hybridized carbons (Fsp3) is 0.200. The number of carboxylic acid groups (broad SMARTS) is 1. The fourth-order valence-corrected chi connectivity index (χ4v) is 3.27. The van der Waals surface area contributed by atoms with Crippen molar-refractivity contribution in [1.82, 2.24) is 14.9 Å². The van der Waals surface area contributed by atoms with Crippen LogP contribution in [0.4, 0.5) is 4.39 Å². The SMILES string of the molecule is CCCC(NC(=O)c1ccc2c(=O)n(-c3ccc(F)cc3)c(=S)[nH]c2c1)C(=O)O. The van der Waals surface area contributed by atoms with Crippen LogP contribution in [0.1, 0.15) is 30.1 Å². The van der Waals surface area contributed by atoms with Crippen LogP contribution in [-0.4, -0.2) is 32.6 Å². The number of hydrogen-bond donors (Lipinski definition) is 3. The maximum atomic E-state index is 13.2. The number of carbonyl (C=O) groups is 2. The third-order valence-corrected chi connectivity index (χ3v) is 4.71. The van der Waals surface area contributed by atoms with Crippen molar-refractivity contribution in [2.75, 3.05) is 0 Å². The Hall–Kier alpha value is -3.33. The maximum absolute atomic E-state index is 13.2. The van der Waals surface area contributed by atoms with Gasteiger partial charge in [-0.1, -0.05) is 13.3 Å². The zero-order valence-electron chi connectivity index (χ0n) is 15.4. The first-order valence-corrected chi connectivity index (χ1v) is 9.31. The smallest absolute Gasteiger partial charge is 0.326 e. The third kappa shape index (κ3) is 4.24. The minimum Gasteiger partial charge on any atom is -0.480 e. The van der Waals surface area contributed by atoms with Gasteiger partial charge in [0.2, 0.25) is 0 Å². The number of carbonyl (C=O) groups excluding carboxylic acids is 1. The van der Waals surface area contributed by atoms with Gasteiger partial charge in [0, 0.05) is 5.56 Å². The molecular weight excluding hydrogens is 397 g/mol. The Morgan fingerprint density at radius 1 is 1.24 bits per heavy atom. The highest BCUT2D eigenvalue weighted by Gasteiger charge is 2.20. The number of rotatable bonds is 6. The Morgan fingerprint density at radius 2 is 1.93 bits per heavy atom. The molecule has 0 bridgehead atoms. The lowest BCUT2D eigenvalue weighted by Crippen LogP contribution is -2.40. The molecule has 0 radical (unpaired) electrons. The summed E-state index contributed by atoms with van der Waals surface area (Å²) in [5, 5.41) is 12.0. The summed E-state index contributed by atoms with van der Waals surface area (Å²) < 4.78 is 14.5. The Kier molecular flexibility index (Phi) is 5.88. The van der Waals surface area contributed by atoms with E-state index in [2.05, 4.69) is 10.3 Å². The van der Waals surface area contributed by atoms with Crippen LogP contribution >= 0.6 is 12.2 Å². The van der Waals surface area contributed by atoms with Crippen LogP contribution < -0.4 is 10.9 Å². The average molecular weight is 415 g/mol. The average Bonchev–Trinajstić information content (AvgIpc) is 2.68. The fourth-order valence-electron chi connectivity index (χ4n) is 2.97. The number of benzene rings is 2. The van der Waals surface area contributed by atoms with Gasteiger partial charge in [0.05, 0.1) is 16.6 Å². The van der Waals surface area contributed by atoms with E-state index in [-0.39, 0.29) is 15.7 Å². The van der Waals surface area contributed by atoms with Crippen molar-refractivity contribution >= 4 is 35.0 Å². The largest absolute Gasteiger partial charge is 0.480 e. The molecule has 0 saturated heterocycles. The molecule has 1 amide bonds. The predicted molar refractivity (Wildman–Crippen MR) is 108 cm³/mol. The van der Waals surface area contributed by atoms with Crippen LogP contribution in [0.5, 0.6) is 0 Å². The molecule has 0 aliphatic rings. The molecule has 0 aliphatic heterocycles. The summed E-state index contributed by atoms with van der Waals surface area (Å²) >= 11 is 5.26. The van der Waals surface area contributed by atoms with Crippen LogP contribution in [0.2, 0.25) is 0 Å². The van der Waals surface area contributed by atoms with Crippen molar-refractivity contribution in [2.24, 2.45) is 0 Å². The highest BCUT2D eigenvalue weighted by atomic mass is 32.1. The first-order valence-electron chi connectivity index (χ1n) is 8.90. The molecule has 9 heteroatoms. The van der Waals surface area contributed by atoms with Gasteiger partial charge in [-0.15, -0.1) is 0 Å². The summed E-state index contributed by atoms with van der Waals surface area (Å²) in [7, 11) is 0. The highest BCUT2D eigenvalue weighted by Crippen LogP contribution is 2.14. The van der Waals surface area contributed by atoms with E-state index in [1.54, 1.807) is 0 Å². The molecule has 150 valence electrons. The van der Waals surface area contributed by atoms with E-state index in [1.807, 2.05) is 6.92 Å². The molecule has 7 nitrogen and oxygen atoms in total. The molecule has 0 saturated carbocycles. The van der Waals surface area contributed by atoms with Crippen LogP contribution in [0, 0.1) is 10.6 Å². The zero-order chi connectivity index (χ0) is 21.1. The van der Waals surface area contributed by atoms with Crippen molar-refractivity contribution in [3.63, 3.8) is 0 Å². The maximum Gasteiger partial charge on any atom is 0.326 e. The predicted octanol–water partition coefficient (Wildman–Crippen LogP) is 3.17. The molecular formula is C20H18FN3O4S. The molecule has 3 rings (SSSR count). The number of aromatic nitrogens is 2. The van der Waals surface area contributed by atoms with Gasteiger partial charge in [-0.25, -0.2) is 9.18 Å². The molecule has 3 aromatic rings. The second-order valence-electron chi connectivity index (χ2n) is 6.46. The Bertz CT molecular complexity index is 1200. The highest BCUT2D eigenvalue weighted by molar-refractivity contribution is 7.71. The normalized spacial score (nSPS) is 11.9. The summed E-state index contributed by atoms with van der Waals surface area (Å²) in [6, 6.07) is 8.69. The summed E-state index contributed by atoms with van der Waals surface area (Å²) in [4.78, 5) is 39.5. The monoisotopic (exact) mass is 415 g/mol. The molecule has 0 spiro atoms. The van der Waals surface area contributed by atoms with Gasteiger partial charge in [-0.05, 0) is 61.1 Å². The summed E-state index contributed by atoms with van der Waals surface area (Å²) in [6.07, 6.45) is 0.907. The topological polar surface area (TPSA) is 104 Å². The Labute approximate surface area is 169 Å². The quantitative estimate of drug-likeness (QED) is 0.537. The molecule has 1 atom stereocenters. The number of halogens is 1. The number of nitrogens with zero attached hydrogens (tertiary/aromatic N) is 1. The molecule has 1 aromatic heterocycles. The number of hydrogen-bond acceptors (Lipinski definition) is 4. The van der Waals surface area contributed by atoms with Gasteiger partial charge in [-0.2, -0.15) is 0 Å². The molecule has 0 fully saturated rings. The van der Waals surface area contributed by atoms with Gasteiger partial charge in [-0.3, -0.25) is 14.2 Å². The van der Waals surface area contributed by atoms with Crippen LogP contribution in [-0.2, 0) is 4.79 Å². The van der Waals surface area contributed by atoms with Crippen LogP contribution in [0.15, 0.2) is 47.3 Å². The third-order valence-electron chi connectivity index (χ3n) is 4.43. The van der Waals surface area contributed by atoms with E-state index in [4.69, 9.17) is 12.2 Å². The van der Waals surface area contributed by atoms with Crippen molar-refractivity contribution in [3.05, 3.63) is 69.0 Å². The van der Waals surface area contributed by atoms with E-state index >= 15 is 0 Å². The van der Waals surface area contributed by atoms with E-state index in [0.717, 1.165) is 0 Å². The lowest BCUT2D eigenvalue weighted by Gasteiger charge is -2.14. The number of nitrogens with one attached hydrogen (secondary N) is 2. The second-order valence-corrected chi connectivity index (χ2v) is 6.85. The molecule has 1 unspecified atom stereocenters. The first-order chi connectivity index (χ1) is 13.8. The number of aromatic amines is 1. The van der Waals surface area contributed by atoms with Crippen molar-refractivity contribution < 1.29 is 19.1 Å². The Morgan fingerprint density at radius 3 is 2.55 bits per heavy atom. The molecule has 29 heavy (non-hydrogen) atoms. The number of aliphatic carboxylic acids is 1. The Balaban J connectivity index is 2.01. The number of H-pyrrole nitrogens is 1. The van der Waals surface area contributed by atoms with E-state index in [0.29, 0.717) is 24.0 Å². The van der Waals surface area contributed by atoms with Gasteiger partial charge in [0.25, 0.3) is 11.5 Å². The minimum atomic E-state index is -1.11. The minimum absolute atomic E-state index is 0.0843. The van der Waals surface area contributed by atoms with Gasteiger partial charge >= 0.3 is 5.97 Å².